The number of aromatic nitrogens is 5. The zero-order valence-electron chi connectivity index (χ0n) is 21.4. The summed E-state index contributed by atoms with van der Waals surface area (Å²) < 4.78 is 38.0. The van der Waals surface area contributed by atoms with E-state index in [0.29, 0.717) is 71.4 Å². The van der Waals surface area contributed by atoms with Crippen LogP contribution in [-0.2, 0) is 16.6 Å². The molecule has 2 saturated heterocycles. The molecule has 1 atom stereocenters. The number of sulfonamides is 1. The number of nitrogens with one attached hydrogen (secondary N) is 1. The van der Waals surface area contributed by atoms with Crippen LogP contribution in [0.25, 0.3) is 27.9 Å². The van der Waals surface area contributed by atoms with Gasteiger partial charge in [0.2, 0.25) is 10.0 Å². The van der Waals surface area contributed by atoms with Crippen LogP contribution in [0.3, 0.4) is 0 Å². The number of aryl methyl sites for hydroxylation is 1. The van der Waals surface area contributed by atoms with Crippen LogP contribution in [0.15, 0.2) is 34.2 Å². The van der Waals surface area contributed by atoms with Crippen molar-refractivity contribution >= 4 is 38.3 Å². The number of aromatic amines is 1. The van der Waals surface area contributed by atoms with Crippen molar-refractivity contribution in [2.45, 2.75) is 50.6 Å². The lowest BCUT2D eigenvalue weighted by Crippen LogP contribution is -2.51. The lowest BCUT2D eigenvalue weighted by Gasteiger charge is -2.36. The fourth-order valence-corrected chi connectivity index (χ4v) is 7.59. The summed E-state index contributed by atoms with van der Waals surface area (Å²) in [5, 5.41) is 8.35. The van der Waals surface area contributed by atoms with E-state index in [-0.39, 0.29) is 16.6 Å². The second-order valence-electron chi connectivity index (χ2n) is 9.78. The lowest BCUT2D eigenvalue weighted by molar-refractivity contribution is 0.158. The molecule has 5 heterocycles. The van der Waals surface area contributed by atoms with Gasteiger partial charge in [-0.05, 0) is 50.9 Å². The van der Waals surface area contributed by atoms with Gasteiger partial charge in [-0.15, -0.1) is 10.2 Å². The second-order valence-corrected chi connectivity index (χ2v) is 12.1. The molecule has 6 rings (SSSR count). The van der Waals surface area contributed by atoms with Gasteiger partial charge in [0.05, 0.1) is 27.7 Å². The Balaban J connectivity index is 1.51. The highest BCUT2D eigenvalue weighted by Gasteiger charge is 2.36. The van der Waals surface area contributed by atoms with E-state index < -0.39 is 10.0 Å². The van der Waals surface area contributed by atoms with E-state index in [9.17, 15) is 13.2 Å². The van der Waals surface area contributed by atoms with Gasteiger partial charge in [-0.1, -0.05) is 18.5 Å². The first-order chi connectivity index (χ1) is 18.3. The summed E-state index contributed by atoms with van der Waals surface area (Å²) in [5.41, 5.74) is 2.07. The van der Waals surface area contributed by atoms with Crippen molar-refractivity contribution in [3.63, 3.8) is 0 Å². The van der Waals surface area contributed by atoms with Gasteiger partial charge in [-0.25, -0.2) is 17.6 Å². The minimum atomic E-state index is -3.74. The van der Waals surface area contributed by atoms with Crippen LogP contribution < -0.4 is 10.4 Å². The highest BCUT2D eigenvalue weighted by molar-refractivity contribution is 7.89. The fourth-order valence-electron chi connectivity index (χ4n) is 5.75. The molecule has 38 heavy (non-hydrogen) atoms. The minimum absolute atomic E-state index is 0.177. The molecule has 0 saturated carbocycles. The van der Waals surface area contributed by atoms with E-state index in [4.69, 9.17) is 16.3 Å². The summed E-state index contributed by atoms with van der Waals surface area (Å²) in [6.07, 6.45) is 4.21. The molecule has 2 fully saturated rings. The molecule has 2 aliphatic rings. The molecular formula is C25H30ClN7O4S. The minimum Gasteiger partial charge on any atom is -0.493 e. The normalized spacial score (nSPS) is 19.0. The number of benzene rings is 1. The van der Waals surface area contributed by atoms with E-state index in [0.717, 1.165) is 25.9 Å². The first-order valence-electron chi connectivity index (χ1n) is 13.0. The smallest absolute Gasteiger partial charge is 0.335 e. The summed E-state index contributed by atoms with van der Waals surface area (Å²) in [5.74, 6) is 0.488. The average Bonchev–Trinajstić information content (AvgIpc) is 3.65. The topological polar surface area (TPSA) is 118 Å². The largest absolute Gasteiger partial charge is 0.493 e. The van der Waals surface area contributed by atoms with E-state index >= 15 is 0 Å². The molecule has 0 bridgehead atoms. The van der Waals surface area contributed by atoms with Gasteiger partial charge >= 0.3 is 5.69 Å². The summed E-state index contributed by atoms with van der Waals surface area (Å²) in [6, 6.07) is 5.14. The van der Waals surface area contributed by atoms with Gasteiger partial charge in [-0.2, -0.15) is 4.31 Å². The Morgan fingerprint density at radius 3 is 2.84 bits per heavy atom. The Kier molecular flexibility index (Phi) is 6.45. The Hall–Kier alpha value is -2.93. The van der Waals surface area contributed by atoms with Crippen LogP contribution in [0.4, 0.5) is 0 Å². The van der Waals surface area contributed by atoms with Gasteiger partial charge in [0, 0.05) is 37.8 Å². The summed E-state index contributed by atoms with van der Waals surface area (Å²) >= 11 is 6.95. The molecule has 0 radical (unpaired) electrons. The van der Waals surface area contributed by atoms with Crippen LogP contribution in [0.2, 0.25) is 5.02 Å². The summed E-state index contributed by atoms with van der Waals surface area (Å²) in [6.45, 7) is 7.40. The molecule has 1 aromatic carbocycles. The van der Waals surface area contributed by atoms with Gasteiger partial charge in [0.15, 0.2) is 5.65 Å². The van der Waals surface area contributed by atoms with E-state index in [1.807, 2.05) is 13.8 Å². The van der Waals surface area contributed by atoms with E-state index in [1.165, 1.54) is 10.7 Å². The van der Waals surface area contributed by atoms with Crippen molar-refractivity contribution in [2.75, 3.05) is 32.8 Å². The van der Waals surface area contributed by atoms with Crippen molar-refractivity contribution in [1.82, 2.24) is 33.4 Å². The van der Waals surface area contributed by atoms with Crippen LogP contribution >= 0.6 is 11.6 Å². The third-order valence-corrected chi connectivity index (χ3v) is 9.78. The number of hydrogen-bond acceptors (Lipinski definition) is 7. The van der Waals surface area contributed by atoms with Crippen LogP contribution in [0.5, 0.6) is 5.75 Å². The molecule has 202 valence electrons. The standard InChI is InChI=1S/C25H30ClN7O4S/c1-3-9-32-23-20(26)21(28-22(23)24-29-27-15-33(24)25(32)34)18-13-17(7-8-19(18)37-4-2)38(35,36)31-12-11-30-10-5-6-16(30)14-31/h7-8,13,15-16,28H,3-6,9-12,14H2,1-2H3/t16-/m0/s1. The fraction of sp³-hybridized carbons (Fsp3) is 0.480. The molecule has 0 spiro atoms. The number of hydrogen-bond donors (Lipinski definition) is 1. The van der Waals surface area contributed by atoms with Crippen molar-refractivity contribution in [3.05, 3.63) is 40.0 Å². The number of ether oxygens (including phenoxy) is 1. The number of rotatable bonds is 7. The first kappa shape index (κ1) is 25.4. The molecule has 4 aromatic rings. The van der Waals surface area contributed by atoms with Crippen LogP contribution in [-0.4, -0.2) is 80.6 Å². The van der Waals surface area contributed by atoms with Crippen LogP contribution in [0.1, 0.15) is 33.1 Å². The van der Waals surface area contributed by atoms with Gasteiger partial charge in [0.25, 0.3) is 0 Å². The third kappa shape index (κ3) is 3.93. The monoisotopic (exact) mass is 559 g/mol. The maximum absolute atomic E-state index is 13.8. The van der Waals surface area contributed by atoms with Gasteiger partial charge in [-0.3, -0.25) is 9.47 Å². The number of halogens is 1. The number of fused-ring (bicyclic) bond motifs is 4. The molecule has 0 amide bonds. The summed E-state index contributed by atoms with van der Waals surface area (Å²) in [7, 11) is -3.74. The molecule has 1 N–H and O–H groups in total. The Bertz CT molecular complexity index is 1690. The zero-order valence-corrected chi connectivity index (χ0v) is 22.9. The number of nitrogens with zero attached hydrogens (tertiary/aromatic N) is 6. The van der Waals surface area contributed by atoms with Crippen molar-refractivity contribution in [3.8, 4) is 17.0 Å². The molecule has 11 nitrogen and oxygen atoms in total. The predicted molar refractivity (Wildman–Crippen MR) is 144 cm³/mol. The van der Waals surface area contributed by atoms with Crippen molar-refractivity contribution < 1.29 is 13.2 Å². The Morgan fingerprint density at radius 1 is 1.21 bits per heavy atom. The molecule has 13 heteroatoms. The number of piperazine rings is 1. The quantitative estimate of drug-likeness (QED) is 0.370. The lowest BCUT2D eigenvalue weighted by atomic mass is 10.1. The number of H-pyrrole nitrogens is 1. The summed E-state index contributed by atoms with van der Waals surface area (Å²) in [4.78, 5) is 19.0. The van der Waals surface area contributed by atoms with E-state index in [1.54, 1.807) is 27.1 Å². The van der Waals surface area contributed by atoms with Crippen molar-refractivity contribution in [1.29, 1.82) is 0 Å². The Labute approximate surface area is 225 Å². The second kappa shape index (κ2) is 9.67. The Morgan fingerprint density at radius 2 is 2.05 bits per heavy atom. The molecular weight excluding hydrogens is 530 g/mol. The first-order valence-corrected chi connectivity index (χ1v) is 14.8. The highest BCUT2D eigenvalue weighted by Crippen LogP contribution is 2.41. The highest BCUT2D eigenvalue weighted by atomic mass is 35.5. The molecule has 0 unspecified atom stereocenters. The van der Waals surface area contributed by atoms with Gasteiger partial charge in [0.1, 0.15) is 17.6 Å². The average molecular weight is 560 g/mol. The third-order valence-electron chi connectivity index (χ3n) is 7.55. The van der Waals surface area contributed by atoms with Crippen LogP contribution in [0, 0.1) is 0 Å². The van der Waals surface area contributed by atoms with Gasteiger partial charge < -0.3 is 9.72 Å². The maximum atomic E-state index is 13.8. The molecule has 2 aliphatic heterocycles. The SMILES string of the molecule is CCCn1c(=O)n2cnnc2c2[nH]c(-c3cc(S(=O)(=O)N4CCN5CCC[C@H]5C4)ccc3OCC)c(Cl)c21. The van der Waals surface area contributed by atoms with E-state index in [2.05, 4.69) is 20.1 Å². The van der Waals surface area contributed by atoms with Crippen molar-refractivity contribution in [2.24, 2.45) is 0 Å². The maximum Gasteiger partial charge on any atom is 0.335 e. The zero-order chi connectivity index (χ0) is 26.6. The molecule has 3 aromatic heterocycles. The predicted octanol–water partition coefficient (Wildman–Crippen LogP) is 2.97. The molecule has 0 aliphatic carbocycles.